The number of ether oxygens (including phenoxy) is 1. The Labute approximate surface area is 149 Å². The van der Waals surface area contributed by atoms with Crippen LogP contribution in [0.1, 0.15) is 16.7 Å². The predicted molar refractivity (Wildman–Crippen MR) is 96.4 cm³/mol. The van der Waals surface area contributed by atoms with E-state index in [2.05, 4.69) is 0 Å². The zero-order chi connectivity index (χ0) is 18.6. The van der Waals surface area contributed by atoms with Crippen molar-refractivity contribution in [3.8, 4) is 5.75 Å². The van der Waals surface area contributed by atoms with Crippen LogP contribution in [0.3, 0.4) is 0 Å². The van der Waals surface area contributed by atoms with Crippen LogP contribution in [0.2, 0.25) is 0 Å². The van der Waals surface area contributed by atoms with E-state index < -0.39 is 11.7 Å². The number of hydrogen-bond acceptors (Lipinski definition) is 2. The van der Waals surface area contributed by atoms with Crippen molar-refractivity contribution >= 4 is 11.3 Å². The van der Waals surface area contributed by atoms with Crippen LogP contribution in [0.25, 0.3) is 5.57 Å². The summed E-state index contributed by atoms with van der Waals surface area (Å²) in [4.78, 5) is 0. The van der Waals surface area contributed by atoms with Crippen LogP contribution in [-0.4, -0.2) is 0 Å². The summed E-state index contributed by atoms with van der Waals surface area (Å²) in [6.45, 7) is 0. The number of rotatable bonds is 4. The van der Waals surface area contributed by atoms with Gasteiger partial charge in [0.2, 0.25) is 0 Å². The second kappa shape index (κ2) is 7.35. The molecule has 132 valence electrons. The van der Waals surface area contributed by atoms with Crippen LogP contribution in [0.4, 0.5) is 18.9 Å². The number of nitrogens with two attached hydrogens (primary N) is 1. The van der Waals surface area contributed by atoms with Crippen molar-refractivity contribution in [2.45, 2.75) is 6.18 Å². The Balaban J connectivity index is 2.03. The van der Waals surface area contributed by atoms with Gasteiger partial charge < -0.3 is 10.5 Å². The molecule has 0 saturated heterocycles. The van der Waals surface area contributed by atoms with Crippen molar-refractivity contribution in [2.24, 2.45) is 0 Å². The summed E-state index contributed by atoms with van der Waals surface area (Å²) in [5.41, 5.74) is 6.96. The Hall–Kier alpha value is -3.21. The molecular formula is C21H16F3NO. The van der Waals surface area contributed by atoms with Gasteiger partial charge in [-0.1, -0.05) is 60.7 Å². The van der Waals surface area contributed by atoms with Crippen LogP contribution in [0.15, 0.2) is 85.1 Å². The summed E-state index contributed by atoms with van der Waals surface area (Å²) < 4.78 is 45.2. The molecule has 0 atom stereocenters. The number of anilines is 1. The van der Waals surface area contributed by atoms with Crippen molar-refractivity contribution in [3.63, 3.8) is 0 Å². The van der Waals surface area contributed by atoms with Crippen molar-refractivity contribution < 1.29 is 17.9 Å². The van der Waals surface area contributed by atoms with Crippen LogP contribution >= 0.6 is 0 Å². The Morgan fingerprint density at radius 1 is 0.808 bits per heavy atom. The summed E-state index contributed by atoms with van der Waals surface area (Å²) in [6.07, 6.45) is -3.22. The maximum Gasteiger partial charge on any atom is 0.420 e. The van der Waals surface area contributed by atoms with Gasteiger partial charge in [-0.2, -0.15) is 13.2 Å². The van der Waals surface area contributed by atoms with Crippen molar-refractivity contribution in [2.75, 3.05) is 5.73 Å². The average molecular weight is 355 g/mol. The van der Waals surface area contributed by atoms with Crippen molar-refractivity contribution in [1.29, 1.82) is 0 Å². The van der Waals surface area contributed by atoms with Gasteiger partial charge in [0.15, 0.2) is 0 Å². The molecule has 0 aliphatic carbocycles. The van der Waals surface area contributed by atoms with Gasteiger partial charge in [-0.15, -0.1) is 0 Å². The average Bonchev–Trinajstić information content (AvgIpc) is 2.64. The highest BCUT2D eigenvalue weighted by molar-refractivity contribution is 5.79. The lowest BCUT2D eigenvalue weighted by Crippen LogP contribution is -2.08. The second-order valence-corrected chi connectivity index (χ2v) is 5.63. The molecule has 0 fully saturated rings. The van der Waals surface area contributed by atoms with Crippen LogP contribution in [0.5, 0.6) is 5.75 Å². The molecule has 2 nitrogen and oxygen atoms in total. The number of alkyl halides is 3. The molecule has 0 radical (unpaired) electrons. The largest absolute Gasteiger partial charge is 0.464 e. The van der Waals surface area contributed by atoms with Crippen molar-refractivity contribution in [3.05, 3.63) is 102 Å². The molecule has 3 aromatic carbocycles. The fraction of sp³-hybridized carbons (Fsp3) is 0.0476. The summed E-state index contributed by atoms with van der Waals surface area (Å²) in [5, 5.41) is 0. The fourth-order valence-electron chi connectivity index (χ4n) is 2.53. The summed E-state index contributed by atoms with van der Waals surface area (Å²) in [7, 11) is 0. The number of nitrogen functional groups attached to an aromatic ring is 1. The van der Waals surface area contributed by atoms with E-state index in [-0.39, 0.29) is 11.4 Å². The second-order valence-electron chi connectivity index (χ2n) is 5.63. The minimum absolute atomic E-state index is 0.0278. The molecule has 0 spiro atoms. The first-order chi connectivity index (χ1) is 12.4. The highest BCUT2D eigenvalue weighted by Gasteiger charge is 2.34. The van der Waals surface area contributed by atoms with Crippen molar-refractivity contribution in [1.82, 2.24) is 0 Å². The summed E-state index contributed by atoms with van der Waals surface area (Å²) in [6, 6.07) is 22.1. The minimum atomic E-state index is -4.56. The predicted octanol–water partition coefficient (Wildman–Crippen LogP) is 5.76. The smallest absolute Gasteiger partial charge is 0.420 e. The van der Waals surface area contributed by atoms with Gasteiger partial charge in [0.1, 0.15) is 11.3 Å². The highest BCUT2D eigenvalue weighted by atomic mass is 19.4. The zero-order valence-electron chi connectivity index (χ0n) is 13.7. The number of hydrogen-bond donors (Lipinski definition) is 1. The molecule has 2 N–H and O–H groups in total. The van der Waals surface area contributed by atoms with E-state index in [1.165, 1.54) is 18.4 Å². The molecule has 26 heavy (non-hydrogen) atoms. The lowest BCUT2D eigenvalue weighted by atomic mass is 9.99. The molecule has 5 heteroatoms. The first-order valence-electron chi connectivity index (χ1n) is 7.89. The quantitative estimate of drug-likeness (QED) is 0.477. The third kappa shape index (κ3) is 4.06. The fourth-order valence-corrected chi connectivity index (χ4v) is 2.53. The van der Waals surface area contributed by atoms with Gasteiger partial charge >= 0.3 is 6.18 Å². The van der Waals surface area contributed by atoms with Gasteiger partial charge in [0.25, 0.3) is 0 Å². The van der Waals surface area contributed by atoms with Gasteiger partial charge in [0.05, 0.1) is 6.26 Å². The van der Waals surface area contributed by atoms with E-state index >= 15 is 0 Å². The van der Waals surface area contributed by atoms with E-state index in [1.54, 1.807) is 0 Å². The summed E-state index contributed by atoms with van der Waals surface area (Å²) >= 11 is 0. The lowest BCUT2D eigenvalue weighted by molar-refractivity contribution is -0.138. The molecule has 0 aromatic heterocycles. The standard InChI is InChI=1S/C21H16F3NO/c22-21(23,24)19-13-17(25)11-12-20(19)26-14-18(15-7-3-1-4-8-15)16-9-5-2-6-10-16/h1-14H,25H2. The third-order valence-corrected chi connectivity index (χ3v) is 3.78. The lowest BCUT2D eigenvalue weighted by Gasteiger charge is -2.14. The summed E-state index contributed by atoms with van der Waals surface area (Å²) in [5.74, 6) is -0.295. The molecule has 0 heterocycles. The Kier molecular flexibility index (Phi) is 4.98. The molecule has 0 unspecified atom stereocenters. The van der Waals surface area contributed by atoms with Gasteiger partial charge in [-0.25, -0.2) is 0 Å². The highest BCUT2D eigenvalue weighted by Crippen LogP contribution is 2.38. The number of halogens is 3. The Morgan fingerprint density at radius 2 is 1.35 bits per heavy atom. The van der Waals surface area contributed by atoms with Crippen LogP contribution < -0.4 is 10.5 Å². The van der Waals surface area contributed by atoms with E-state index in [1.807, 2.05) is 60.7 Å². The third-order valence-electron chi connectivity index (χ3n) is 3.78. The molecule has 0 bridgehead atoms. The molecule has 3 rings (SSSR count). The van der Waals surface area contributed by atoms with Gasteiger partial charge in [-0.3, -0.25) is 0 Å². The SMILES string of the molecule is Nc1ccc(OC=C(c2ccccc2)c2ccccc2)c(C(F)(F)F)c1. The normalized spacial score (nSPS) is 11.0. The Morgan fingerprint density at radius 3 is 1.85 bits per heavy atom. The molecule has 0 aliphatic rings. The molecular weight excluding hydrogens is 339 g/mol. The molecule has 0 saturated carbocycles. The Bertz CT molecular complexity index is 862. The number of benzene rings is 3. The zero-order valence-corrected chi connectivity index (χ0v) is 13.7. The van der Waals surface area contributed by atoms with E-state index in [9.17, 15) is 13.2 Å². The molecule has 0 amide bonds. The maximum atomic E-state index is 13.2. The van der Waals surface area contributed by atoms with Crippen LogP contribution in [-0.2, 0) is 6.18 Å². The van der Waals surface area contributed by atoms with E-state index in [0.29, 0.717) is 5.57 Å². The van der Waals surface area contributed by atoms with Gasteiger partial charge in [0, 0.05) is 11.3 Å². The molecule has 3 aromatic rings. The monoisotopic (exact) mass is 355 g/mol. The first kappa shape index (κ1) is 17.6. The minimum Gasteiger partial charge on any atom is -0.464 e. The van der Waals surface area contributed by atoms with Crippen LogP contribution in [0, 0.1) is 0 Å². The topological polar surface area (TPSA) is 35.2 Å². The van der Waals surface area contributed by atoms with Gasteiger partial charge in [-0.05, 0) is 29.3 Å². The first-order valence-corrected chi connectivity index (χ1v) is 7.89. The maximum absolute atomic E-state index is 13.2. The molecule has 0 aliphatic heterocycles. The van der Waals surface area contributed by atoms with E-state index in [4.69, 9.17) is 10.5 Å². The van der Waals surface area contributed by atoms with E-state index in [0.717, 1.165) is 17.2 Å².